The first-order valence-electron chi connectivity index (χ1n) is 10.8. The number of carbonyl (C=O) groups excluding carboxylic acids is 1. The van der Waals surface area contributed by atoms with Crippen LogP contribution in [0.25, 0.3) is 6.08 Å². The molecule has 4 rings (SSSR count). The highest BCUT2D eigenvalue weighted by atomic mass is 79.9. The fraction of sp³-hybridized carbons (Fsp3) is 0.111. The monoisotopic (exact) mass is 569 g/mol. The van der Waals surface area contributed by atoms with Crippen molar-refractivity contribution in [2.24, 2.45) is 4.99 Å². The van der Waals surface area contributed by atoms with Crippen molar-refractivity contribution in [3.05, 3.63) is 110 Å². The number of nitrogens with zero attached hydrogens (tertiary/aromatic N) is 1. The van der Waals surface area contributed by atoms with Gasteiger partial charge < -0.3 is 14.6 Å². The predicted molar refractivity (Wildman–Crippen MR) is 145 cm³/mol. The van der Waals surface area contributed by atoms with Gasteiger partial charge in [0.2, 0.25) is 0 Å². The van der Waals surface area contributed by atoms with Gasteiger partial charge in [0.05, 0.1) is 17.2 Å². The summed E-state index contributed by atoms with van der Waals surface area (Å²) in [5, 5.41) is 12.0. The topological polar surface area (TPSA) is 68.1 Å². The minimum absolute atomic E-state index is 0.0421. The van der Waals surface area contributed by atoms with Crippen LogP contribution < -0.4 is 4.74 Å². The highest BCUT2D eigenvalue weighted by Crippen LogP contribution is 2.41. The summed E-state index contributed by atoms with van der Waals surface area (Å²) in [5.41, 5.74) is 2.28. The van der Waals surface area contributed by atoms with Crippen LogP contribution in [0, 0.1) is 0 Å². The number of hydrogen-bond donors (Lipinski definition) is 1. The van der Waals surface area contributed by atoms with Gasteiger partial charge in [-0.15, -0.1) is 0 Å². The standard InChI is InChI=1S/C27H21BrClNO4S/c1-2-33-27(32)24-25(31)23(35-26(24)30-20-9-4-3-5-10-20)15-18-14-19(28)12-13-22(18)34-16-17-8-6-7-11-21(17)29/h3-15,31H,2,16H2,1H3/b23-15-,30-26?. The van der Waals surface area contributed by atoms with Gasteiger partial charge in [0.25, 0.3) is 0 Å². The van der Waals surface area contributed by atoms with Crippen LogP contribution in [0.2, 0.25) is 5.02 Å². The molecule has 1 aliphatic heterocycles. The zero-order valence-corrected chi connectivity index (χ0v) is 21.9. The van der Waals surface area contributed by atoms with E-state index in [1.807, 2.05) is 72.8 Å². The van der Waals surface area contributed by atoms with E-state index in [2.05, 4.69) is 20.9 Å². The fourth-order valence-electron chi connectivity index (χ4n) is 3.29. The number of hydrogen-bond acceptors (Lipinski definition) is 6. The number of rotatable bonds is 7. The van der Waals surface area contributed by atoms with Crippen molar-refractivity contribution in [1.82, 2.24) is 0 Å². The molecule has 3 aromatic carbocycles. The van der Waals surface area contributed by atoms with Crippen molar-refractivity contribution in [3.8, 4) is 5.75 Å². The van der Waals surface area contributed by atoms with Crippen molar-refractivity contribution >= 4 is 62.1 Å². The Bertz CT molecular complexity index is 1340. The van der Waals surface area contributed by atoms with E-state index in [1.54, 1.807) is 13.0 Å². The Hall–Kier alpha value is -3.00. The highest BCUT2D eigenvalue weighted by molar-refractivity contribution is 9.10. The van der Waals surface area contributed by atoms with E-state index < -0.39 is 5.97 Å². The van der Waals surface area contributed by atoms with E-state index in [-0.39, 0.29) is 24.5 Å². The zero-order chi connectivity index (χ0) is 24.8. The predicted octanol–water partition coefficient (Wildman–Crippen LogP) is 7.87. The summed E-state index contributed by atoms with van der Waals surface area (Å²) in [4.78, 5) is 17.7. The van der Waals surface area contributed by atoms with Crippen molar-refractivity contribution in [2.75, 3.05) is 6.61 Å². The van der Waals surface area contributed by atoms with Crippen molar-refractivity contribution in [1.29, 1.82) is 0 Å². The largest absolute Gasteiger partial charge is 0.506 e. The molecule has 0 spiro atoms. The van der Waals surface area contributed by atoms with Crippen LogP contribution in [0.1, 0.15) is 18.1 Å². The molecular formula is C27H21BrClNO4S. The number of halogens is 2. The molecule has 5 nitrogen and oxygen atoms in total. The Kier molecular flexibility index (Phi) is 8.33. The van der Waals surface area contributed by atoms with E-state index in [9.17, 15) is 9.90 Å². The third-order valence-corrected chi connectivity index (χ3v) is 6.84. The Balaban J connectivity index is 1.70. The minimum Gasteiger partial charge on any atom is -0.506 e. The number of aliphatic hydroxyl groups excluding tert-OH is 1. The van der Waals surface area contributed by atoms with Crippen molar-refractivity contribution < 1.29 is 19.4 Å². The zero-order valence-electron chi connectivity index (χ0n) is 18.7. The van der Waals surface area contributed by atoms with Gasteiger partial charge in [-0.1, -0.05) is 75.7 Å². The molecule has 1 aliphatic rings. The van der Waals surface area contributed by atoms with Gasteiger partial charge in [0.15, 0.2) is 0 Å². The maximum absolute atomic E-state index is 12.7. The summed E-state index contributed by atoms with van der Waals surface area (Å²) >= 11 is 11.0. The van der Waals surface area contributed by atoms with Gasteiger partial charge in [0.1, 0.15) is 28.7 Å². The molecule has 0 saturated carbocycles. The third-order valence-electron chi connectivity index (χ3n) is 4.96. The molecule has 0 aromatic heterocycles. The first kappa shape index (κ1) is 25.1. The number of para-hydroxylation sites is 1. The molecule has 0 radical (unpaired) electrons. The van der Waals surface area contributed by atoms with Gasteiger partial charge in [-0.05, 0) is 49.4 Å². The molecule has 3 aromatic rings. The Morgan fingerprint density at radius 3 is 2.60 bits per heavy atom. The third kappa shape index (κ3) is 6.17. The summed E-state index contributed by atoms with van der Waals surface area (Å²) in [5.74, 6) is -0.208. The first-order chi connectivity index (χ1) is 17.0. The number of thioether (sulfide) groups is 1. The second-order valence-corrected chi connectivity index (χ2v) is 9.72. The van der Waals surface area contributed by atoms with Gasteiger partial charge in [-0.3, -0.25) is 0 Å². The number of benzene rings is 3. The molecule has 0 saturated heterocycles. The second-order valence-electron chi connectivity index (χ2n) is 7.37. The Morgan fingerprint density at radius 2 is 1.86 bits per heavy atom. The van der Waals surface area contributed by atoms with E-state index in [0.29, 0.717) is 32.0 Å². The average molecular weight is 571 g/mol. The number of aliphatic imine (C=N–C) groups is 1. The molecule has 0 amide bonds. The van der Waals surface area contributed by atoms with Crippen LogP contribution in [-0.4, -0.2) is 22.7 Å². The summed E-state index contributed by atoms with van der Waals surface area (Å²) < 4.78 is 12.1. The van der Waals surface area contributed by atoms with Gasteiger partial charge in [-0.25, -0.2) is 9.79 Å². The lowest BCUT2D eigenvalue weighted by Crippen LogP contribution is -2.12. The number of carbonyl (C=O) groups is 1. The maximum atomic E-state index is 12.7. The molecule has 1 N–H and O–H groups in total. The fourth-order valence-corrected chi connectivity index (χ4v) is 4.88. The maximum Gasteiger partial charge on any atom is 0.344 e. The van der Waals surface area contributed by atoms with Crippen molar-refractivity contribution in [2.45, 2.75) is 13.5 Å². The molecule has 0 atom stereocenters. The lowest BCUT2D eigenvalue weighted by Gasteiger charge is -2.11. The van der Waals surface area contributed by atoms with E-state index in [1.165, 1.54) is 11.8 Å². The quantitative estimate of drug-likeness (QED) is 0.293. The Labute approximate surface area is 221 Å². The number of aliphatic hydroxyl groups is 1. The van der Waals surface area contributed by atoms with Crippen LogP contribution in [0.15, 0.2) is 98.5 Å². The molecule has 0 aliphatic carbocycles. The van der Waals surface area contributed by atoms with Crippen LogP contribution in [-0.2, 0) is 16.1 Å². The van der Waals surface area contributed by atoms with Crippen LogP contribution in [0.3, 0.4) is 0 Å². The molecule has 8 heteroatoms. The van der Waals surface area contributed by atoms with Gasteiger partial charge in [-0.2, -0.15) is 0 Å². The SMILES string of the molecule is CCOC(=O)C1=C(O)/C(=C/c2cc(Br)ccc2OCc2ccccc2Cl)SC1=Nc1ccccc1. The molecule has 1 heterocycles. The minimum atomic E-state index is -0.625. The van der Waals surface area contributed by atoms with Crippen molar-refractivity contribution in [3.63, 3.8) is 0 Å². The van der Waals surface area contributed by atoms with E-state index >= 15 is 0 Å². The second kappa shape index (κ2) is 11.6. The first-order valence-corrected chi connectivity index (χ1v) is 12.7. The average Bonchev–Trinajstić information content (AvgIpc) is 3.14. The van der Waals surface area contributed by atoms with Crippen LogP contribution in [0.4, 0.5) is 5.69 Å². The van der Waals surface area contributed by atoms with E-state index in [0.717, 1.165) is 10.0 Å². The normalized spacial score (nSPS) is 15.6. The molecule has 0 bridgehead atoms. The smallest absolute Gasteiger partial charge is 0.344 e. The van der Waals surface area contributed by atoms with Crippen LogP contribution >= 0.6 is 39.3 Å². The van der Waals surface area contributed by atoms with E-state index in [4.69, 9.17) is 21.1 Å². The summed E-state index contributed by atoms with van der Waals surface area (Å²) in [7, 11) is 0. The lowest BCUT2D eigenvalue weighted by atomic mass is 10.1. The summed E-state index contributed by atoms with van der Waals surface area (Å²) in [6, 6.07) is 22.3. The highest BCUT2D eigenvalue weighted by Gasteiger charge is 2.33. The number of esters is 1. The van der Waals surface area contributed by atoms with Gasteiger partial charge >= 0.3 is 5.97 Å². The Morgan fingerprint density at radius 1 is 1.11 bits per heavy atom. The summed E-state index contributed by atoms with van der Waals surface area (Å²) in [6.45, 7) is 2.18. The number of ether oxygens (including phenoxy) is 2. The molecular weight excluding hydrogens is 550 g/mol. The van der Waals surface area contributed by atoms with Crippen LogP contribution in [0.5, 0.6) is 5.75 Å². The summed E-state index contributed by atoms with van der Waals surface area (Å²) in [6.07, 6.45) is 1.76. The molecule has 178 valence electrons. The molecule has 0 fully saturated rings. The van der Waals surface area contributed by atoms with Gasteiger partial charge in [0, 0.05) is 20.6 Å². The molecule has 35 heavy (non-hydrogen) atoms. The molecule has 0 unspecified atom stereocenters. The lowest BCUT2D eigenvalue weighted by molar-refractivity contribution is -0.138.